The van der Waals surface area contributed by atoms with Crippen LogP contribution in [-0.2, 0) is 19.4 Å². The summed E-state index contributed by atoms with van der Waals surface area (Å²) in [5.74, 6) is 1.14. The van der Waals surface area contributed by atoms with Crippen LogP contribution in [0.1, 0.15) is 20.9 Å². The van der Waals surface area contributed by atoms with Crippen LogP contribution in [0, 0.1) is 0 Å². The number of likely N-dealkylation sites (N-methyl/N-ethyl adjacent to an activating group) is 1. The highest BCUT2D eigenvalue weighted by Crippen LogP contribution is 2.26. The maximum Gasteiger partial charge on any atom is 0.141 e. The van der Waals surface area contributed by atoms with E-state index in [1.54, 1.807) is 22.7 Å². The molecule has 0 saturated heterocycles. The molecule has 5 N–H and O–H groups in total. The monoisotopic (exact) mass is 657 g/mol. The van der Waals surface area contributed by atoms with Crippen LogP contribution in [-0.4, -0.2) is 46.8 Å². The normalized spacial score (nSPS) is 12.1. The summed E-state index contributed by atoms with van der Waals surface area (Å²) in [5, 5.41) is 6.46. The number of H-pyrrole nitrogens is 1. The summed E-state index contributed by atoms with van der Waals surface area (Å²) in [7, 11) is 4.18. The summed E-state index contributed by atoms with van der Waals surface area (Å²) >= 11 is 3.21. The van der Waals surface area contributed by atoms with Gasteiger partial charge < -0.3 is 25.9 Å². The van der Waals surface area contributed by atoms with Crippen molar-refractivity contribution < 1.29 is 0 Å². The second-order valence-electron chi connectivity index (χ2n) is 11.5. The van der Waals surface area contributed by atoms with Gasteiger partial charge >= 0.3 is 0 Å². The number of aromatic amines is 1. The molecule has 7 rings (SSSR count). The molecule has 7 aromatic rings. The molecule has 0 aliphatic carbocycles. The Balaban J connectivity index is 0.000000166. The predicted molar refractivity (Wildman–Crippen MR) is 202 cm³/mol. The lowest BCUT2D eigenvalue weighted by atomic mass is 10.1. The molecule has 0 spiro atoms. The van der Waals surface area contributed by atoms with Gasteiger partial charge in [0.15, 0.2) is 0 Å². The highest BCUT2D eigenvalue weighted by Gasteiger charge is 2.07. The van der Waals surface area contributed by atoms with Gasteiger partial charge in [0, 0.05) is 36.4 Å². The third kappa shape index (κ3) is 8.26. The van der Waals surface area contributed by atoms with Crippen molar-refractivity contribution in [2.24, 2.45) is 21.5 Å². The highest BCUT2D eigenvalue weighted by molar-refractivity contribution is 7.12. The molecule has 47 heavy (non-hydrogen) atoms. The molecular formula is C38H39N7S2. The van der Waals surface area contributed by atoms with Gasteiger partial charge in [-0.05, 0) is 103 Å². The van der Waals surface area contributed by atoms with E-state index in [-0.39, 0.29) is 0 Å². The first-order chi connectivity index (χ1) is 22.9. The molecule has 4 heterocycles. The Bertz CT molecular complexity index is 2080. The van der Waals surface area contributed by atoms with Crippen molar-refractivity contribution in [1.29, 1.82) is 0 Å². The number of aryl methyl sites for hydroxylation is 2. The molecule has 0 aliphatic heterocycles. The van der Waals surface area contributed by atoms with Crippen LogP contribution in [0.2, 0.25) is 0 Å². The maximum absolute atomic E-state index is 6.12. The number of aromatic nitrogens is 2. The van der Waals surface area contributed by atoms with Gasteiger partial charge in [-0.3, -0.25) is 0 Å². The fraction of sp³-hybridized carbons (Fsp3) is 0.158. The number of amidine groups is 2. The minimum atomic E-state index is 0.566. The molecule has 0 fully saturated rings. The molecule has 0 aliphatic rings. The van der Waals surface area contributed by atoms with Gasteiger partial charge in [-0.15, -0.1) is 22.7 Å². The minimum absolute atomic E-state index is 0.566. The zero-order valence-electron chi connectivity index (χ0n) is 26.6. The van der Waals surface area contributed by atoms with E-state index >= 15 is 0 Å². The van der Waals surface area contributed by atoms with Gasteiger partial charge in [0.2, 0.25) is 0 Å². The van der Waals surface area contributed by atoms with Crippen molar-refractivity contribution in [2.75, 3.05) is 20.6 Å². The van der Waals surface area contributed by atoms with Gasteiger partial charge in [-0.2, -0.15) is 0 Å². The predicted octanol–water partition coefficient (Wildman–Crippen LogP) is 8.35. The van der Waals surface area contributed by atoms with E-state index in [1.165, 1.54) is 27.4 Å². The van der Waals surface area contributed by atoms with Gasteiger partial charge in [0.1, 0.15) is 11.7 Å². The van der Waals surface area contributed by atoms with Crippen molar-refractivity contribution in [3.63, 3.8) is 0 Å². The van der Waals surface area contributed by atoms with Gasteiger partial charge in [-0.1, -0.05) is 48.5 Å². The second kappa shape index (κ2) is 15.1. The summed E-state index contributed by atoms with van der Waals surface area (Å²) in [6.45, 7) is 1.97. The van der Waals surface area contributed by atoms with Gasteiger partial charge in [0.25, 0.3) is 0 Å². The number of benzene rings is 3. The first-order valence-electron chi connectivity index (χ1n) is 15.6. The van der Waals surface area contributed by atoms with Gasteiger partial charge in [-0.25, -0.2) is 9.98 Å². The van der Waals surface area contributed by atoms with Crippen LogP contribution in [0.5, 0.6) is 0 Å². The smallest absolute Gasteiger partial charge is 0.141 e. The molecule has 0 amide bonds. The SMILES string of the molecule is CN(C)CCc1c[nH]c2ccc(N=C(N)c3cccs3)cc12.NC(=Nc1ccc2ccn(CCc3ccccc3)c2c1)c1cccs1. The van der Waals surface area contributed by atoms with E-state index in [0.29, 0.717) is 11.7 Å². The average Bonchev–Trinajstić information content (AvgIpc) is 3.91. The Labute approximate surface area is 283 Å². The van der Waals surface area contributed by atoms with Gasteiger partial charge in [0.05, 0.1) is 26.6 Å². The number of hydrogen-bond acceptors (Lipinski definition) is 5. The van der Waals surface area contributed by atoms with Crippen LogP contribution in [0.3, 0.4) is 0 Å². The number of hydrogen-bond donors (Lipinski definition) is 3. The average molecular weight is 658 g/mol. The van der Waals surface area contributed by atoms with Crippen molar-refractivity contribution in [2.45, 2.75) is 19.4 Å². The molecule has 0 radical (unpaired) electrons. The number of fused-ring (bicyclic) bond motifs is 2. The van der Waals surface area contributed by atoms with E-state index in [9.17, 15) is 0 Å². The Hall–Kier alpha value is -4.96. The number of aliphatic imine (C=N–C) groups is 2. The zero-order chi connectivity index (χ0) is 32.6. The molecule has 0 unspecified atom stereocenters. The lowest BCUT2D eigenvalue weighted by Crippen LogP contribution is -2.14. The van der Waals surface area contributed by atoms with E-state index in [0.717, 1.165) is 52.6 Å². The molecule has 0 saturated carbocycles. The summed E-state index contributed by atoms with van der Waals surface area (Å²) in [6.07, 6.45) is 6.25. The first kappa shape index (κ1) is 32.0. The highest BCUT2D eigenvalue weighted by atomic mass is 32.1. The van der Waals surface area contributed by atoms with Crippen molar-refractivity contribution >= 4 is 67.5 Å². The van der Waals surface area contributed by atoms with E-state index in [1.807, 2.05) is 47.2 Å². The summed E-state index contributed by atoms with van der Waals surface area (Å²) in [5.41, 5.74) is 19.0. The molecule has 0 atom stereocenters. The minimum Gasteiger partial charge on any atom is -0.383 e. The maximum atomic E-state index is 6.12. The number of nitrogens with one attached hydrogen (secondary N) is 1. The molecular weight excluding hydrogens is 619 g/mol. The third-order valence-corrected chi connectivity index (χ3v) is 9.65. The Kier molecular flexibility index (Phi) is 10.3. The Morgan fingerprint density at radius 1 is 0.766 bits per heavy atom. The third-order valence-electron chi connectivity index (χ3n) is 7.87. The van der Waals surface area contributed by atoms with Crippen molar-refractivity contribution in [1.82, 2.24) is 14.5 Å². The lowest BCUT2D eigenvalue weighted by Gasteiger charge is -2.08. The van der Waals surface area contributed by atoms with E-state index < -0.39 is 0 Å². The molecule has 3 aromatic carbocycles. The molecule has 0 bridgehead atoms. The van der Waals surface area contributed by atoms with Crippen LogP contribution < -0.4 is 11.5 Å². The van der Waals surface area contributed by atoms with E-state index in [4.69, 9.17) is 11.5 Å². The number of thiophene rings is 2. The first-order valence-corrected chi connectivity index (χ1v) is 17.3. The van der Waals surface area contributed by atoms with Crippen molar-refractivity contribution in [3.8, 4) is 0 Å². The second-order valence-corrected chi connectivity index (χ2v) is 13.4. The number of nitrogens with zero attached hydrogens (tertiary/aromatic N) is 4. The molecule has 9 heteroatoms. The summed E-state index contributed by atoms with van der Waals surface area (Å²) in [6, 6.07) is 33.1. The van der Waals surface area contributed by atoms with E-state index in [2.05, 4.69) is 112 Å². The summed E-state index contributed by atoms with van der Waals surface area (Å²) in [4.78, 5) is 16.6. The largest absolute Gasteiger partial charge is 0.383 e. The van der Waals surface area contributed by atoms with Crippen molar-refractivity contribution in [3.05, 3.63) is 141 Å². The Morgan fingerprint density at radius 3 is 2.11 bits per heavy atom. The number of rotatable bonds is 10. The fourth-order valence-electron chi connectivity index (χ4n) is 5.35. The summed E-state index contributed by atoms with van der Waals surface area (Å²) < 4.78 is 2.28. The molecule has 7 nitrogen and oxygen atoms in total. The Morgan fingerprint density at radius 2 is 1.45 bits per heavy atom. The van der Waals surface area contributed by atoms with Crippen LogP contribution in [0.15, 0.2) is 130 Å². The number of nitrogens with two attached hydrogens (primary N) is 2. The molecule has 4 aromatic heterocycles. The van der Waals surface area contributed by atoms with Crippen LogP contribution in [0.25, 0.3) is 21.8 Å². The standard InChI is InChI=1S/C21H19N3S.C17H20N4S/c22-21(20-7-4-14-25-20)23-18-9-8-17-11-13-24(19(17)15-18)12-10-16-5-2-1-3-6-16;1-21(2)8-7-12-11-19-15-6-5-13(10-14(12)15)20-17(18)16-4-3-9-22-16/h1-9,11,13-15H,10,12H2,(H2,22,23);3-6,9-11,19H,7-8H2,1-2H3,(H2,18,20). The van der Waals surface area contributed by atoms with Crippen LogP contribution in [0.4, 0.5) is 11.4 Å². The molecule has 238 valence electrons. The lowest BCUT2D eigenvalue weighted by molar-refractivity contribution is 0.414. The van der Waals surface area contributed by atoms with Crippen LogP contribution >= 0.6 is 22.7 Å². The quantitative estimate of drug-likeness (QED) is 0.102. The topological polar surface area (TPSA) is 101 Å². The fourth-order valence-corrected chi connectivity index (χ4v) is 6.61. The zero-order valence-corrected chi connectivity index (χ0v) is 28.3.